The summed E-state index contributed by atoms with van der Waals surface area (Å²) in [7, 11) is 2.04. The van der Waals surface area contributed by atoms with E-state index in [1.165, 1.54) is 11.3 Å². The fourth-order valence-electron chi connectivity index (χ4n) is 2.69. The Morgan fingerprint density at radius 1 is 1.22 bits per heavy atom. The first-order valence-corrected chi connectivity index (χ1v) is 9.96. The number of rotatable bonds is 5. The number of benzene rings is 1. The first kappa shape index (κ1) is 19.6. The number of urea groups is 1. The number of halogens is 1. The van der Waals surface area contributed by atoms with Crippen molar-refractivity contribution < 1.29 is 9.59 Å². The number of aromatic nitrogens is 1. The molecule has 7 nitrogen and oxygen atoms in total. The molecule has 2 aromatic rings. The molecule has 0 spiro atoms. The Hall–Kier alpha value is -2.16. The van der Waals surface area contributed by atoms with Crippen molar-refractivity contribution in [3.63, 3.8) is 0 Å². The van der Waals surface area contributed by atoms with Crippen molar-refractivity contribution in [1.82, 2.24) is 20.1 Å². The lowest BCUT2D eigenvalue weighted by Gasteiger charge is -2.32. The van der Waals surface area contributed by atoms with Crippen molar-refractivity contribution in [2.75, 3.05) is 38.5 Å². The minimum atomic E-state index is -0.146. The number of carbonyl (C=O) groups is 2. The molecule has 144 valence electrons. The molecule has 3 rings (SSSR count). The van der Waals surface area contributed by atoms with E-state index in [-0.39, 0.29) is 18.4 Å². The van der Waals surface area contributed by atoms with Crippen LogP contribution in [0, 0.1) is 0 Å². The van der Waals surface area contributed by atoms with Crippen molar-refractivity contribution in [2.24, 2.45) is 0 Å². The van der Waals surface area contributed by atoms with Crippen molar-refractivity contribution in [2.45, 2.75) is 13.0 Å². The van der Waals surface area contributed by atoms with Gasteiger partial charge in [0.2, 0.25) is 5.91 Å². The largest absolute Gasteiger partial charge is 0.352 e. The van der Waals surface area contributed by atoms with E-state index in [1.807, 2.05) is 25.2 Å². The molecule has 0 saturated carbocycles. The van der Waals surface area contributed by atoms with Gasteiger partial charge >= 0.3 is 6.03 Å². The highest BCUT2D eigenvalue weighted by atomic mass is 35.5. The smallest absolute Gasteiger partial charge is 0.323 e. The van der Waals surface area contributed by atoms with Gasteiger partial charge in [-0.1, -0.05) is 29.8 Å². The van der Waals surface area contributed by atoms with Gasteiger partial charge in [-0.15, -0.1) is 11.3 Å². The van der Waals surface area contributed by atoms with Crippen LogP contribution in [0.15, 0.2) is 29.6 Å². The molecule has 2 N–H and O–H groups in total. The summed E-state index contributed by atoms with van der Waals surface area (Å²) in [5, 5.41) is 8.57. The molecular formula is C18H22ClN5O2S. The molecule has 0 bridgehead atoms. The second-order valence-electron chi connectivity index (χ2n) is 6.41. The molecule has 1 fully saturated rings. The molecule has 0 aliphatic carbocycles. The minimum absolute atomic E-state index is 0.142. The Balaban J connectivity index is 1.46. The summed E-state index contributed by atoms with van der Waals surface area (Å²) in [5.74, 6) is -0.142. The third-order valence-electron chi connectivity index (χ3n) is 4.33. The van der Waals surface area contributed by atoms with E-state index < -0.39 is 0 Å². The molecule has 0 radical (unpaired) electrons. The van der Waals surface area contributed by atoms with Crippen LogP contribution in [0.3, 0.4) is 0 Å². The van der Waals surface area contributed by atoms with E-state index in [0.717, 1.165) is 18.7 Å². The van der Waals surface area contributed by atoms with Gasteiger partial charge in [0.25, 0.3) is 0 Å². The topological polar surface area (TPSA) is 77.6 Å². The summed E-state index contributed by atoms with van der Waals surface area (Å²) < 4.78 is 0. The Morgan fingerprint density at radius 2 is 1.96 bits per heavy atom. The number of amides is 3. The summed E-state index contributed by atoms with van der Waals surface area (Å²) in [4.78, 5) is 32.7. The molecule has 0 atom stereocenters. The summed E-state index contributed by atoms with van der Waals surface area (Å²) in [5.41, 5.74) is 1.50. The SMILES string of the molecule is CN1CCN(C(=O)Nc2nc(CC(=O)NCc3ccccc3Cl)cs2)CC1. The van der Waals surface area contributed by atoms with Gasteiger partial charge < -0.3 is 15.1 Å². The zero-order valence-electron chi connectivity index (χ0n) is 15.1. The van der Waals surface area contributed by atoms with Crippen molar-refractivity contribution >= 4 is 40.0 Å². The Kier molecular flexibility index (Phi) is 6.65. The van der Waals surface area contributed by atoms with E-state index in [2.05, 4.69) is 20.5 Å². The average molecular weight is 408 g/mol. The standard InChI is InChI=1S/C18H22ClN5O2S/c1-23-6-8-24(9-7-23)18(26)22-17-21-14(12-27-17)10-16(25)20-11-13-4-2-3-5-15(13)19/h2-5,12H,6-11H2,1H3,(H,20,25)(H,21,22,26). The lowest BCUT2D eigenvalue weighted by molar-refractivity contribution is -0.120. The second kappa shape index (κ2) is 9.16. The van der Waals surface area contributed by atoms with Crippen LogP contribution >= 0.6 is 22.9 Å². The van der Waals surface area contributed by atoms with Crippen LogP contribution in [0.25, 0.3) is 0 Å². The van der Waals surface area contributed by atoms with Crippen LogP contribution in [-0.4, -0.2) is 59.9 Å². The van der Waals surface area contributed by atoms with Gasteiger partial charge in [-0.3, -0.25) is 10.1 Å². The maximum absolute atomic E-state index is 12.3. The van der Waals surface area contributed by atoms with Crippen molar-refractivity contribution in [3.8, 4) is 0 Å². The van der Waals surface area contributed by atoms with Crippen LogP contribution in [0.2, 0.25) is 5.02 Å². The van der Waals surface area contributed by atoms with Crippen LogP contribution in [0.5, 0.6) is 0 Å². The Labute approximate surface area is 167 Å². The molecule has 2 heterocycles. The van der Waals surface area contributed by atoms with E-state index in [4.69, 9.17) is 11.6 Å². The maximum Gasteiger partial charge on any atom is 0.323 e. The molecule has 9 heteroatoms. The summed E-state index contributed by atoms with van der Waals surface area (Å²) in [6, 6.07) is 7.24. The molecule has 3 amide bonds. The predicted octanol–water partition coefficient (Wildman–Crippen LogP) is 2.43. The van der Waals surface area contributed by atoms with Gasteiger partial charge in [0.05, 0.1) is 12.1 Å². The van der Waals surface area contributed by atoms with Gasteiger partial charge in [-0.25, -0.2) is 9.78 Å². The quantitative estimate of drug-likeness (QED) is 0.798. The van der Waals surface area contributed by atoms with Crippen molar-refractivity contribution in [1.29, 1.82) is 0 Å². The second-order valence-corrected chi connectivity index (χ2v) is 7.67. The van der Waals surface area contributed by atoms with Gasteiger partial charge in [-0.05, 0) is 18.7 Å². The third-order valence-corrected chi connectivity index (χ3v) is 5.51. The summed E-state index contributed by atoms with van der Waals surface area (Å²) in [6.45, 7) is 3.50. The average Bonchev–Trinajstić information content (AvgIpc) is 3.08. The number of carbonyl (C=O) groups excluding carboxylic acids is 2. The molecular weight excluding hydrogens is 386 g/mol. The first-order chi connectivity index (χ1) is 13.0. The first-order valence-electron chi connectivity index (χ1n) is 8.70. The zero-order chi connectivity index (χ0) is 19.2. The van der Waals surface area contributed by atoms with Crippen LogP contribution in [-0.2, 0) is 17.8 Å². The number of hydrogen-bond acceptors (Lipinski definition) is 5. The number of likely N-dealkylation sites (N-methyl/N-ethyl adjacent to an activating group) is 1. The fourth-order valence-corrected chi connectivity index (χ4v) is 3.59. The Morgan fingerprint density at radius 3 is 2.70 bits per heavy atom. The lowest BCUT2D eigenvalue weighted by atomic mass is 10.2. The number of hydrogen-bond donors (Lipinski definition) is 2. The minimum Gasteiger partial charge on any atom is -0.352 e. The zero-order valence-corrected chi connectivity index (χ0v) is 16.6. The Bertz CT molecular complexity index is 805. The molecule has 0 unspecified atom stereocenters. The molecule has 1 aromatic heterocycles. The van der Waals surface area contributed by atoms with Gasteiger partial charge in [0.1, 0.15) is 0 Å². The number of nitrogens with zero attached hydrogens (tertiary/aromatic N) is 3. The van der Waals surface area contributed by atoms with Crippen LogP contribution in [0.4, 0.5) is 9.93 Å². The molecule has 1 saturated heterocycles. The molecule has 1 aliphatic heterocycles. The van der Waals surface area contributed by atoms with Gasteiger partial charge in [0.15, 0.2) is 5.13 Å². The van der Waals surface area contributed by atoms with Gasteiger partial charge in [0, 0.05) is 43.1 Å². The lowest BCUT2D eigenvalue weighted by Crippen LogP contribution is -2.48. The van der Waals surface area contributed by atoms with E-state index in [1.54, 1.807) is 16.3 Å². The monoisotopic (exact) mass is 407 g/mol. The number of piperazine rings is 1. The molecule has 1 aromatic carbocycles. The normalized spacial score (nSPS) is 14.8. The third kappa shape index (κ3) is 5.66. The number of anilines is 1. The predicted molar refractivity (Wildman–Crippen MR) is 107 cm³/mol. The number of nitrogens with one attached hydrogen (secondary N) is 2. The van der Waals surface area contributed by atoms with Crippen molar-refractivity contribution in [3.05, 3.63) is 45.9 Å². The highest BCUT2D eigenvalue weighted by Crippen LogP contribution is 2.17. The maximum atomic E-state index is 12.3. The van der Waals surface area contributed by atoms with Crippen LogP contribution in [0.1, 0.15) is 11.3 Å². The fraction of sp³-hybridized carbons (Fsp3) is 0.389. The van der Waals surface area contributed by atoms with Gasteiger partial charge in [-0.2, -0.15) is 0 Å². The van der Waals surface area contributed by atoms with E-state index in [9.17, 15) is 9.59 Å². The van der Waals surface area contributed by atoms with E-state index in [0.29, 0.717) is 35.5 Å². The highest BCUT2D eigenvalue weighted by Gasteiger charge is 2.20. The highest BCUT2D eigenvalue weighted by molar-refractivity contribution is 7.13. The van der Waals surface area contributed by atoms with E-state index >= 15 is 0 Å². The summed E-state index contributed by atoms with van der Waals surface area (Å²) in [6.07, 6.45) is 0.158. The number of thiazole rings is 1. The van der Waals surface area contributed by atoms with Crippen LogP contribution < -0.4 is 10.6 Å². The summed E-state index contributed by atoms with van der Waals surface area (Å²) >= 11 is 7.40. The molecule has 27 heavy (non-hydrogen) atoms. The molecule has 1 aliphatic rings.